The summed E-state index contributed by atoms with van der Waals surface area (Å²) >= 11 is 0. The molecule has 0 saturated carbocycles. The zero-order valence-electron chi connectivity index (χ0n) is 8.82. The molecule has 5 nitrogen and oxygen atoms in total. The first kappa shape index (κ1) is 11.5. The Morgan fingerprint density at radius 1 is 1.53 bits per heavy atom. The molecule has 0 spiro atoms. The minimum Gasteiger partial charge on any atom is -0.430 e. The lowest BCUT2D eigenvalue weighted by Crippen LogP contribution is -2.32. The Hall–Kier alpha value is -1.62. The molecular weight excluding hydrogens is 196 g/mol. The molecule has 0 atom stereocenters. The monoisotopic (exact) mass is 210 g/mol. The molecule has 0 aliphatic carbocycles. The molecule has 15 heavy (non-hydrogen) atoms. The fourth-order valence-electron chi connectivity index (χ4n) is 1.08. The van der Waals surface area contributed by atoms with Gasteiger partial charge in [0.15, 0.2) is 0 Å². The standard InChI is InChI=1S/C10H14N2O3/c1-11-5-6-12(2)10(14)8-3-4-9(13)15-7-8/h3-4,7,11H,5-6H2,1-2H3. The molecule has 1 amide bonds. The van der Waals surface area contributed by atoms with Gasteiger partial charge in [0.25, 0.3) is 5.91 Å². The van der Waals surface area contributed by atoms with E-state index < -0.39 is 5.63 Å². The van der Waals surface area contributed by atoms with Gasteiger partial charge >= 0.3 is 5.63 Å². The summed E-state index contributed by atoms with van der Waals surface area (Å²) in [5.41, 5.74) is -0.0716. The quantitative estimate of drug-likeness (QED) is 0.755. The summed E-state index contributed by atoms with van der Waals surface area (Å²) in [5.74, 6) is -0.158. The van der Waals surface area contributed by atoms with Gasteiger partial charge in [-0.2, -0.15) is 0 Å². The summed E-state index contributed by atoms with van der Waals surface area (Å²) in [6.45, 7) is 1.33. The molecule has 82 valence electrons. The minimum absolute atomic E-state index is 0.158. The van der Waals surface area contributed by atoms with Gasteiger partial charge in [-0.25, -0.2) is 4.79 Å². The molecule has 0 saturated heterocycles. The highest BCUT2D eigenvalue weighted by molar-refractivity contribution is 5.93. The number of amides is 1. The zero-order valence-corrected chi connectivity index (χ0v) is 8.82. The first-order valence-electron chi connectivity index (χ1n) is 4.64. The van der Waals surface area contributed by atoms with Crippen LogP contribution in [0.3, 0.4) is 0 Å². The summed E-state index contributed by atoms with van der Waals surface area (Å²) in [6.07, 6.45) is 1.18. The summed E-state index contributed by atoms with van der Waals surface area (Å²) in [5, 5.41) is 2.95. The molecule has 0 aromatic carbocycles. The van der Waals surface area contributed by atoms with Crippen molar-refractivity contribution in [1.82, 2.24) is 10.2 Å². The fourth-order valence-corrected chi connectivity index (χ4v) is 1.08. The Balaban J connectivity index is 2.67. The number of nitrogens with zero attached hydrogens (tertiary/aromatic N) is 1. The van der Waals surface area contributed by atoms with Crippen LogP contribution in [0.2, 0.25) is 0 Å². The molecule has 0 aliphatic rings. The highest BCUT2D eigenvalue weighted by Crippen LogP contribution is 2.00. The van der Waals surface area contributed by atoms with Crippen LogP contribution in [0.4, 0.5) is 0 Å². The Morgan fingerprint density at radius 3 is 2.80 bits per heavy atom. The van der Waals surface area contributed by atoms with Crippen LogP contribution in [-0.2, 0) is 0 Å². The second kappa shape index (κ2) is 5.31. The van der Waals surface area contributed by atoms with Crippen LogP contribution in [0, 0.1) is 0 Å². The number of rotatable bonds is 4. The van der Waals surface area contributed by atoms with E-state index in [1.54, 1.807) is 11.9 Å². The fraction of sp³-hybridized carbons (Fsp3) is 0.400. The van der Waals surface area contributed by atoms with E-state index in [4.69, 9.17) is 0 Å². The van der Waals surface area contributed by atoms with Gasteiger partial charge in [0.2, 0.25) is 0 Å². The number of nitrogens with one attached hydrogen (secondary N) is 1. The van der Waals surface area contributed by atoms with Crippen molar-refractivity contribution in [3.63, 3.8) is 0 Å². The third-order valence-corrected chi connectivity index (χ3v) is 1.99. The number of hydrogen-bond donors (Lipinski definition) is 1. The van der Waals surface area contributed by atoms with Crippen LogP contribution < -0.4 is 10.9 Å². The number of carbonyl (C=O) groups excluding carboxylic acids is 1. The lowest BCUT2D eigenvalue weighted by atomic mass is 10.2. The average molecular weight is 210 g/mol. The van der Waals surface area contributed by atoms with E-state index in [-0.39, 0.29) is 5.91 Å². The number of hydrogen-bond acceptors (Lipinski definition) is 4. The third-order valence-electron chi connectivity index (χ3n) is 1.99. The van der Waals surface area contributed by atoms with E-state index in [0.717, 1.165) is 6.54 Å². The van der Waals surface area contributed by atoms with E-state index in [0.29, 0.717) is 12.1 Å². The van der Waals surface area contributed by atoms with Crippen LogP contribution >= 0.6 is 0 Å². The van der Waals surface area contributed by atoms with E-state index in [1.807, 2.05) is 7.05 Å². The van der Waals surface area contributed by atoms with E-state index in [1.165, 1.54) is 18.4 Å². The molecule has 0 fully saturated rings. The molecule has 1 aromatic rings. The Bertz CT molecular complexity index is 366. The molecule has 1 aromatic heterocycles. The molecule has 0 radical (unpaired) electrons. The Morgan fingerprint density at radius 2 is 2.27 bits per heavy atom. The first-order chi connectivity index (χ1) is 7.15. The van der Waals surface area contributed by atoms with Crippen LogP contribution in [0.15, 0.2) is 27.6 Å². The largest absolute Gasteiger partial charge is 0.430 e. The summed E-state index contributed by atoms with van der Waals surface area (Å²) < 4.78 is 4.62. The van der Waals surface area contributed by atoms with E-state index in [2.05, 4.69) is 9.73 Å². The van der Waals surface area contributed by atoms with Gasteiger partial charge in [0.1, 0.15) is 6.26 Å². The molecule has 0 unspecified atom stereocenters. The first-order valence-corrected chi connectivity index (χ1v) is 4.64. The maximum absolute atomic E-state index is 11.7. The number of carbonyl (C=O) groups is 1. The van der Waals surface area contributed by atoms with Crippen molar-refractivity contribution >= 4 is 5.91 Å². The second-order valence-electron chi connectivity index (χ2n) is 3.17. The molecule has 0 aliphatic heterocycles. The van der Waals surface area contributed by atoms with Gasteiger partial charge in [-0.1, -0.05) is 0 Å². The smallest absolute Gasteiger partial charge is 0.335 e. The third kappa shape index (κ3) is 3.21. The van der Waals surface area contributed by atoms with Crippen molar-refractivity contribution in [3.8, 4) is 0 Å². The van der Waals surface area contributed by atoms with Gasteiger partial charge < -0.3 is 14.6 Å². The summed E-state index contributed by atoms with van der Waals surface area (Å²) in [4.78, 5) is 23.9. The average Bonchev–Trinajstić information content (AvgIpc) is 2.26. The second-order valence-corrected chi connectivity index (χ2v) is 3.17. The van der Waals surface area contributed by atoms with Crippen LogP contribution in [0.25, 0.3) is 0 Å². The predicted molar refractivity (Wildman–Crippen MR) is 55.9 cm³/mol. The van der Waals surface area contributed by atoms with Crippen LogP contribution in [-0.4, -0.2) is 38.0 Å². The SMILES string of the molecule is CNCCN(C)C(=O)c1ccc(=O)oc1. The molecule has 1 N–H and O–H groups in total. The normalized spacial score (nSPS) is 10.0. The van der Waals surface area contributed by atoms with Crippen LogP contribution in [0.1, 0.15) is 10.4 Å². The van der Waals surface area contributed by atoms with Gasteiger partial charge in [0, 0.05) is 26.2 Å². The zero-order chi connectivity index (χ0) is 11.3. The lowest BCUT2D eigenvalue weighted by molar-refractivity contribution is 0.0794. The predicted octanol–water partition coefficient (Wildman–Crippen LogP) is -0.0688. The van der Waals surface area contributed by atoms with Gasteiger partial charge in [-0.15, -0.1) is 0 Å². The summed E-state index contributed by atoms with van der Waals surface area (Å²) in [7, 11) is 3.52. The lowest BCUT2D eigenvalue weighted by Gasteiger charge is -2.16. The van der Waals surface area contributed by atoms with Crippen LogP contribution in [0.5, 0.6) is 0 Å². The highest BCUT2D eigenvalue weighted by Gasteiger charge is 2.11. The topological polar surface area (TPSA) is 62.6 Å². The van der Waals surface area contributed by atoms with Crippen molar-refractivity contribution in [1.29, 1.82) is 0 Å². The van der Waals surface area contributed by atoms with Crippen molar-refractivity contribution in [2.24, 2.45) is 0 Å². The van der Waals surface area contributed by atoms with Crippen molar-refractivity contribution < 1.29 is 9.21 Å². The molecule has 0 bridgehead atoms. The van der Waals surface area contributed by atoms with Gasteiger partial charge in [-0.05, 0) is 13.1 Å². The van der Waals surface area contributed by atoms with Crippen molar-refractivity contribution in [2.45, 2.75) is 0 Å². The Labute approximate surface area is 87.7 Å². The Kier molecular flexibility index (Phi) is 4.05. The van der Waals surface area contributed by atoms with E-state index in [9.17, 15) is 9.59 Å². The molecule has 1 rings (SSSR count). The van der Waals surface area contributed by atoms with Crippen molar-refractivity contribution in [2.75, 3.05) is 27.2 Å². The summed E-state index contributed by atoms with van der Waals surface area (Å²) in [6, 6.07) is 2.70. The van der Waals surface area contributed by atoms with Gasteiger partial charge in [0.05, 0.1) is 5.56 Å². The minimum atomic E-state index is -0.454. The number of likely N-dealkylation sites (N-methyl/N-ethyl adjacent to an activating group) is 2. The highest BCUT2D eigenvalue weighted by atomic mass is 16.4. The maximum Gasteiger partial charge on any atom is 0.335 e. The van der Waals surface area contributed by atoms with Gasteiger partial charge in [-0.3, -0.25) is 4.79 Å². The maximum atomic E-state index is 11.7. The molecule has 1 heterocycles. The van der Waals surface area contributed by atoms with Crippen molar-refractivity contribution in [3.05, 3.63) is 34.4 Å². The molecule has 5 heteroatoms. The van der Waals surface area contributed by atoms with E-state index >= 15 is 0 Å². The molecular formula is C10H14N2O3.